The van der Waals surface area contributed by atoms with Crippen molar-refractivity contribution in [2.45, 2.75) is 31.4 Å². The van der Waals surface area contributed by atoms with E-state index >= 15 is 0 Å². The van der Waals surface area contributed by atoms with E-state index in [0.29, 0.717) is 0 Å². The predicted octanol–water partition coefficient (Wildman–Crippen LogP) is 3.98. The maximum atomic E-state index is 12.5. The van der Waals surface area contributed by atoms with Gasteiger partial charge in [0.25, 0.3) is 0 Å². The largest absolute Gasteiger partial charge is 0.402 e. The van der Waals surface area contributed by atoms with Crippen LogP contribution in [0.25, 0.3) is 11.0 Å². The van der Waals surface area contributed by atoms with Crippen LogP contribution in [0.3, 0.4) is 0 Å². The van der Waals surface area contributed by atoms with Crippen LogP contribution < -0.4 is 0 Å². The lowest BCUT2D eigenvalue weighted by atomic mass is 10.1. The van der Waals surface area contributed by atoms with Gasteiger partial charge in [0.1, 0.15) is 4.83 Å². The Morgan fingerprint density at radius 2 is 1.89 bits per heavy atom. The first-order valence-electron chi connectivity index (χ1n) is 5.42. The number of halogens is 4. The van der Waals surface area contributed by atoms with E-state index in [1.807, 2.05) is 26.0 Å². The van der Waals surface area contributed by atoms with Crippen molar-refractivity contribution in [1.29, 1.82) is 0 Å². The number of rotatable bonds is 2. The van der Waals surface area contributed by atoms with E-state index in [2.05, 4.69) is 20.9 Å². The van der Waals surface area contributed by atoms with Crippen molar-refractivity contribution in [3.63, 3.8) is 0 Å². The molecular formula is C12H12BrF3N2. The molecule has 2 rings (SSSR count). The molecule has 0 aliphatic rings. The molecule has 2 aromatic rings. The highest BCUT2D eigenvalue weighted by atomic mass is 79.9. The van der Waals surface area contributed by atoms with E-state index in [-0.39, 0.29) is 6.54 Å². The molecule has 1 heterocycles. The molecular weight excluding hydrogens is 309 g/mol. The Balaban J connectivity index is 2.38. The normalized spacial score (nSPS) is 14.1. The Bertz CT molecular complexity index is 574. The minimum absolute atomic E-state index is 0.178. The number of imidazole rings is 1. The van der Waals surface area contributed by atoms with Gasteiger partial charge in [0, 0.05) is 6.54 Å². The summed E-state index contributed by atoms with van der Waals surface area (Å²) >= 11 is 2.66. The third-order valence-electron chi connectivity index (χ3n) is 2.95. The third-order valence-corrected chi connectivity index (χ3v) is 3.76. The topological polar surface area (TPSA) is 17.8 Å². The fourth-order valence-electron chi connectivity index (χ4n) is 1.73. The van der Waals surface area contributed by atoms with Crippen molar-refractivity contribution in [3.05, 3.63) is 29.6 Å². The summed E-state index contributed by atoms with van der Waals surface area (Å²) in [5.41, 5.74) is 3.58. The van der Waals surface area contributed by atoms with Crippen molar-refractivity contribution in [2.24, 2.45) is 0 Å². The van der Waals surface area contributed by atoms with Crippen LogP contribution in [-0.4, -0.2) is 20.6 Å². The second-order valence-corrected chi connectivity index (χ2v) is 5.44. The first-order valence-corrected chi connectivity index (χ1v) is 6.33. The molecule has 0 amide bonds. The van der Waals surface area contributed by atoms with Gasteiger partial charge in [-0.25, -0.2) is 4.98 Å². The summed E-state index contributed by atoms with van der Waals surface area (Å²) in [6.45, 7) is 3.71. The summed E-state index contributed by atoms with van der Waals surface area (Å²) in [5.74, 6) is 0. The number of fused-ring (bicyclic) bond motifs is 1. The zero-order valence-corrected chi connectivity index (χ0v) is 11.5. The molecule has 1 aromatic carbocycles. The molecule has 1 unspecified atom stereocenters. The molecule has 0 bridgehead atoms. The fourth-order valence-corrected chi connectivity index (χ4v) is 2.05. The molecule has 0 spiro atoms. The van der Waals surface area contributed by atoms with E-state index < -0.39 is 11.0 Å². The minimum Gasteiger partial charge on any atom is -0.329 e. The van der Waals surface area contributed by atoms with Crippen LogP contribution in [0.15, 0.2) is 18.5 Å². The SMILES string of the molecule is Cc1cc2ncn(CC(Br)C(F)(F)F)c2cc1C. The lowest BCUT2D eigenvalue weighted by Gasteiger charge is -2.15. The van der Waals surface area contributed by atoms with E-state index in [1.54, 1.807) is 0 Å². The van der Waals surface area contributed by atoms with Gasteiger partial charge in [-0.3, -0.25) is 0 Å². The molecule has 6 heteroatoms. The summed E-state index contributed by atoms with van der Waals surface area (Å²) in [4.78, 5) is 2.56. The number of aromatic nitrogens is 2. The highest BCUT2D eigenvalue weighted by molar-refractivity contribution is 9.09. The molecule has 2 nitrogen and oxygen atoms in total. The third kappa shape index (κ3) is 2.53. The van der Waals surface area contributed by atoms with Gasteiger partial charge in [-0.15, -0.1) is 0 Å². The molecule has 0 fully saturated rings. The van der Waals surface area contributed by atoms with Gasteiger partial charge in [0.2, 0.25) is 0 Å². The van der Waals surface area contributed by atoms with Gasteiger partial charge in [-0.2, -0.15) is 13.2 Å². The predicted molar refractivity (Wildman–Crippen MR) is 68.0 cm³/mol. The van der Waals surface area contributed by atoms with Crippen molar-refractivity contribution < 1.29 is 13.2 Å². The van der Waals surface area contributed by atoms with Gasteiger partial charge in [0.15, 0.2) is 0 Å². The average molecular weight is 321 g/mol. The second-order valence-electron chi connectivity index (χ2n) is 4.33. The summed E-state index contributed by atoms with van der Waals surface area (Å²) in [5, 5.41) is 0. The van der Waals surface area contributed by atoms with Crippen molar-refractivity contribution in [3.8, 4) is 0 Å². The summed E-state index contributed by atoms with van der Waals surface area (Å²) < 4.78 is 39.0. The molecule has 0 saturated carbocycles. The summed E-state index contributed by atoms with van der Waals surface area (Å²) in [6, 6.07) is 3.76. The van der Waals surface area contributed by atoms with Crippen LogP contribution in [-0.2, 0) is 6.54 Å². The van der Waals surface area contributed by atoms with E-state index in [9.17, 15) is 13.2 Å². The zero-order valence-electron chi connectivity index (χ0n) is 9.92. The molecule has 0 aliphatic carbocycles. The lowest BCUT2D eigenvalue weighted by Crippen LogP contribution is -2.27. The number of hydrogen-bond acceptors (Lipinski definition) is 1. The Kier molecular flexibility index (Phi) is 3.40. The van der Waals surface area contributed by atoms with Crippen molar-refractivity contribution in [1.82, 2.24) is 9.55 Å². The molecule has 18 heavy (non-hydrogen) atoms. The van der Waals surface area contributed by atoms with Crippen LogP contribution in [0, 0.1) is 13.8 Å². The Hall–Kier alpha value is -1.04. The van der Waals surface area contributed by atoms with Crippen molar-refractivity contribution in [2.75, 3.05) is 0 Å². The zero-order chi connectivity index (χ0) is 13.5. The molecule has 0 radical (unpaired) electrons. The van der Waals surface area contributed by atoms with Gasteiger partial charge in [-0.05, 0) is 37.1 Å². The average Bonchev–Trinajstić information content (AvgIpc) is 2.61. The number of alkyl halides is 4. The maximum absolute atomic E-state index is 12.5. The lowest BCUT2D eigenvalue weighted by molar-refractivity contribution is -0.129. The standard InChI is InChI=1S/C12H12BrF3N2/c1-7-3-9-10(4-8(7)2)18(6-17-9)5-11(13)12(14,15)16/h3-4,6,11H,5H2,1-2H3. The molecule has 98 valence electrons. The number of benzene rings is 1. The van der Waals surface area contributed by atoms with Crippen LogP contribution in [0.1, 0.15) is 11.1 Å². The monoisotopic (exact) mass is 320 g/mol. The van der Waals surface area contributed by atoms with Crippen LogP contribution in [0.5, 0.6) is 0 Å². The molecule has 1 atom stereocenters. The first-order chi connectivity index (χ1) is 8.29. The highest BCUT2D eigenvalue weighted by Gasteiger charge is 2.37. The molecule has 1 aromatic heterocycles. The minimum atomic E-state index is -4.25. The molecule has 0 saturated heterocycles. The van der Waals surface area contributed by atoms with Gasteiger partial charge in [0.05, 0.1) is 17.4 Å². The van der Waals surface area contributed by atoms with E-state index in [4.69, 9.17) is 0 Å². The summed E-state index contributed by atoms with van der Waals surface area (Å²) in [7, 11) is 0. The Morgan fingerprint density at radius 3 is 2.50 bits per heavy atom. The quantitative estimate of drug-likeness (QED) is 0.765. The van der Waals surface area contributed by atoms with Crippen LogP contribution >= 0.6 is 15.9 Å². The Labute approximate surface area is 111 Å². The smallest absolute Gasteiger partial charge is 0.329 e. The Morgan fingerprint density at radius 1 is 1.28 bits per heavy atom. The van der Waals surface area contributed by atoms with Crippen molar-refractivity contribution >= 4 is 27.0 Å². The van der Waals surface area contributed by atoms with Gasteiger partial charge >= 0.3 is 6.18 Å². The number of hydrogen-bond donors (Lipinski definition) is 0. The van der Waals surface area contributed by atoms with Gasteiger partial charge in [-0.1, -0.05) is 15.9 Å². The first kappa shape index (κ1) is 13.4. The molecule has 0 N–H and O–H groups in total. The van der Waals surface area contributed by atoms with Crippen LogP contribution in [0.2, 0.25) is 0 Å². The fraction of sp³-hybridized carbons (Fsp3) is 0.417. The number of nitrogens with zero attached hydrogens (tertiary/aromatic N) is 2. The van der Waals surface area contributed by atoms with Gasteiger partial charge < -0.3 is 4.57 Å². The highest BCUT2D eigenvalue weighted by Crippen LogP contribution is 2.29. The van der Waals surface area contributed by atoms with E-state index in [1.165, 1.54) is 10.9 Å². The van der Waals surface area contributed by atoms with Crippen LogP contribution in [0.4, 0.5) is 13.2 Å². The second kappa shape index (κ2) is 4.57. The molecule has 0 aliphatic heterocycles. The summed E-state index contributed by atoms with van der Waals surface area (Å²) in [6.07, 6.45) is -2.81. The maximum Gasteiger partial charge on any atom is 0.402 e. The van der Waals surface area contributed by atoms with E-state index in [0.717, 1.165) is 22.2 Å². The number of aryl methyl sites for hydroxylation is 2.